The van der Waals surface area contributed by atoms with Gasteiger partial charge in [-0.25, -0.2) is 9.78 Å². The number of carbonyl (C=O) groups excluding carboxylic acids is 1. The summed E-state index contributed by atoms with van der Waals surface area (Å²) < 4.78 is 9.62. The second-order valence-electron chi connectivity index (χ2n) is 5.77. The van der Waals surface area contributed by atoms with Crippen LogP contribution in [0.5, 0.6) is 0 Å². The maximum Gasteiger partial charge on any atom is 0.329 e. The number of ether oxygens (including phenoxy) is 1. The van der Waals surface area contributed by atoms with Gasteiger partial charge in [-0.1, -0.05) is 20.8 Å². The highest BCUT2D eigenvalue weighted by Gasteiger charge is 2.28. The van der Waals surface area contributed by atoms with Crippen LogP contribution in [0.1, 0.15) is 47.4 Å². The lowest BCUT2D eigenvalue weighted by molar-refractivity contribution is -0.156. The Kier molecular flexibility index (Phi) is 5.29. The van der Waals surface area contributed by atoms with Crippen molar-refractivity contribution in [3.63, 3.8) is 0 Å². The first-order valence-corrected chi connectivity index (χ1v) is 7.32. The predicted molar refractivity (Wildman–Crippen MR) is 77.4 cm³/mol. The van der Waals surface area contributed by atoms with Crippen LogP contribution in [0.25, 0.3) is 0 Å². The standard InChI is InChI=1S/C13H23N3O2S/c1-7-9-14-12(19-16-9)15-10(8(2)3)11(17)18-13(4,5)6/h8,10H,7H2,1-6H3,(H,14,15,16)/t10-/m1/s1. The smallest absolute Gasteiger partial charge is 0.329 e. The molecule has 1 aromatic heterocycles. The summed E-state index contributed by atoms with van der Waals surface area (Å²) in [6, 6.07) is -0.406. The van der Waals surface area contributed by atoms with Gasteiger partial charge in [-0.05, 0) is 26.7 Å². The van der Waals surface area contributed by atoms with Crippen molar-refractivity contribution in [2.75, 3.05) is 5.32 Å². The van der Waals surface area contributed by atoms with Crippen molar-refractivity contribution in [2.24, 2.45) is 5.92 Å². The zero-order valence-electron chi connectivity index (χ0n) is 12.5. The molecule has 1 heterocycles. The highest BCUT2D eigenvalue weighted by Crippen LogP contribution is 2.18. The molecule has 108 valence electrons. The van der Waals surface area contributed by atoms with E-state index in [1.54, 1.807) is 0 Å². The Bertz CT molecular complexity index is 424. The maximum atomic E-state index is 12.2. The Labute approximate surface area is 118 Å². The Morgan fingerprint density at radius 1 is 1.42 bits per heavy atom. The van der Waals surface area contributed by atoms with Crippen LogP contribution in [0.15, 0.2) is 0 Å². The van der Waals surface area contributed by atoms with Gasteiger partial charge in [0.2, 0.25) is 5.13 Å². The average molecular weight is 285 g/mol. The summed E-state index contributed by atoms with van der Waals surface area (Å²) in [5.41, 5.74) is -0.485. The van der Waals surface area contributed by atoms with Crippen LogP contribution >= 0.6 is 11.5 Å². The van der Waals surface area contributed by atoms with E-state index in [2.05, 4.69) is 14.7 Å². The number of rotatable bonds is 5. The molecule has 1 aromatic rings. The average Bonchev–Trinajstić information content (AvgIpc) is 2.70. The molecule has 19 heavy (non-hydrogen) atoms. The Morgan fingerprint density at radius 3 is 2.47 bits per heavy atom. The molecule has 6 heteroatoms. The fourth-order valence-corrected chi connectivity index (χ4v) is 2.14. The van der Waals surface area contributed by atoms with Gasteiger partial charge in [0.15, 0.2) is 0 Å². The van der Waals surface area contributed by atoms with Crippen LogP contribution in [0.4, 0.5) is 5.13 Å². The first-order chi connectivity index (χ1) is 8.73. The molecule has 0 aromatic carbocycles. The molecule has 0 saturated heterocycles. The molecule has 0 aliphatic carbocycles. The molecule has 0 unspecified atom stereocenters. The molecule has 0 radical (unpaired) electrons. The quantitative estimate of drug-likeness (QED) is 0.843. The molecule has 0 aliphatic rings. The SMILES string of the molecule is CCc1nsc(N[C@@H](C(=O)OC(C)(C)C)C(C)C)n1. The molecule has 5 nitrogen and oxygen atoms in total. The number of nitrogens with one attached hydrogen (secondary N) is 1. The van der Waals surface area contributed by atoms with Crippen molar-refractivity contribution in [1.29, 1.82) is 0 Å². The van der Waals surface area contributed by atoms with Crippen LogP contribution in [0, 0.1) is 5.92 Å². The van der Waals surface area contributed by atoms with Gasteiger partial charge in [0, 0.05) is 18.0 Å². The molecule has 0 amide bonds. The lowest BCUT2D eigenvalue weighted by Crippen LogP contribution is -2.39. The highest BCUT2D eigenvalue weighted by molar-refractivity contribution is 7.09. The zero-order valence-corrected chi connectivity index (χ0v) is 13.3. The van der Waals surface area contributed by atoms with Crippen molar-refractivity contribution >= 4 is 22.6 Å². The summed E-state index contributed by atoms with van der Waals surface area (Å²) in [6.07, 6.45) is 0.789. The number of nitrogens with zero attached hydrogens (tertiary/aromatic N) is 2. The van der Waals surface area contributed by atoms with Gasteiger partial charge >= 0.3 is 5.97 Å². The number of anilines is 1. The van der Waals surface area contributed by atoms with Crippen molar-refractivity contribution in [3.05, 3.63) is 5.82 Å². The van der Waals surface area contributed by atoms with E-state index >= 15 is 0 Å². The maximum absolute atomic E-state index is 12.2. The second-order valence-corrected chi connectivity index (χ2v) is 6.52. The minimum atomic E-state index is -0.485. The molecule has 1 N–H and O–H groups in total. The predicted octanol–water partition coefficient (Wildman–Crippen LogP) is 2.88. The monoisotopic (exact) mass is 285 g/mol. The minimum absolute atomic E-state index is 0.115. The van der Waals surface area contributed by atoms with Gasteiger partial charge in [-0.3, -0.25) is 0 Å². The van der Waals surface area contributed by atoms with E-state index in [4.69, 9.17) is 4.74 Å². The van der Waals surface area contributed by atoms with Gasteiger partial charge in [0.05, 0.1) is 0 Å². The van der Waals surface area contributed by atoms with Gasteiger partial charge < -0.3 is 10.1 Å². The lowest BCUT2D eigenvalue weighted by Gasteiger charge is -2.26. The Morgan fingerprint density at radius 2 is 2.05 bits per heavy atom. The first-order valence-electron chi connectivity index (χ1n) is 6.55. The Balaban J connectivity index is 2.75. The first kappa shape index (κ1) is 15.9. The van der Waals surface area contributed by atoms with Gasteiger partial charge in [0.25, 0.3) is 0 Å². The molecule has 0 spiro atoms. The van der Waals surface area contributed by atoms with Crippen LogP contribution in [0.3, 0.4) is 0 Å². The summed E-state index contributed by atoms with van der Waals surface area (Å²) in [5, 5.41) is 3.79. The number of aromatic nitrogens is 2. The number of hydrogen-bond donors (Lipinski definition) is 1. The van der Waals surface area contributed by atoms with E-state index in [0.29, 0.717) is 5.13 Å². The number of esters is 1. The zero-order chi connectivity index (χ0) is 14.6. The molecule has 1 rings (SSSR count). The third-order valence-corrected chi connectivity index (χ3v) is 3.07. The Hall–Kier alpha value is -1.17. The normalized spacial score (nSPS) is 13.4. The summed E-state index contributed by atoms with van der Waals surface area (Å²) in [4.78, 5) is 16.5. The molecule has 0 bridgehead atoms. The van der Waals surface area contributed by atoms with Crippen LogP contribution in [0.2, 0.25) is 0 Å². The summed E-state index contributed by atoms with van der Waals surface area (Å²) in [6.45, 7) is 11.5. The molecular weight excluding hydrogens is 262 g/mol. The van der Waals surface area contributed by atoms with Gasteiger partial charge in [-0.15, -0.1) is 0 Å². The topological polar surface area (TPSA) is 64.1 Å². The summed E-state index contributed by atoms with van der Waals surface area (Å²) >= 11 is 1.28. The lowest BCUT2D eigenvalue weighted by atomic mass is 10.0. The van der Waals surface area contributed by atoms with E-state index in [0.717, 1.165) is 12.2 Å². The molecule has 1 atom stereocenters. The van der Waals surface area contributed by atoms with E-state index in [-0.39, 0.29) is 11.9 Å². The van der Waals surface area contributed by atoms with Crippen LogP contribution < -0.4 is 5.32 Å². The summed E-state index contributed by atoms with van der Waals surface area (Å²) in [7, 11) is 0. The molecule has 0 fully saturated rings. The van der Waals surface area contributed by atoms with E-state index in [9.17, 15) is 4.79 Å². The van der Waals surface area contributed by atoms with Crippen molar-refractivity contribution in [2.45, 2.75) is 59.6 Å². The molecule has 0 saturated carbocycles. The number of aryl methyl sites for hydroxylation is 1. The van der Waals surface area contributed by atoms with Crippen molar-refractivity contribution in [3.8, 4) is 0 Å². The van der Waals surface area contributed by atoms with Crippen LogP contribution in [-0.2, 0) is 16.0 Å². The highest BCUT2D eigenvalue weighted by atomic mass is 32.1. The third-order valence-electron chi connectivity index (χ3n) is 2.39. The minimum Gasteiger partial charge on any atom is -0.458 e. The number of carbonyl (C=O) groups is 1. The second kappa shape index (κ2) is 6.32. The van der Waals surface area contributed by atoms with Gasteiger partial charge in [-0.2, -0.15) is 4.37 Å². The third kappa shape index (κ3) is 5.14. The van der Waals surface area contributed by atoms with Gasteiger partial charge in [0.1, 0.15) is 17.5 Å². The van der Waals surface area contributed by atoms with E-state index in [1.165, 1.54) is 11.5 Å². The van der Waals surface area contributed by atoms with E-state index < -0.39 is 11.6 Å². The fourth-order valence-electron chi connectivity index (χ4n) is 1.45. The van der Waals surface area contributed by atoms with E-state index in [1.807, 2.05) is 41.5 Å². The van der Waals surface area contributed by atoms with Crippen molar-refractivity contribution in [1.82, 2.24) is 9.36 Å². The van der Waals surface area contributed by atoms with Crippen LogP contribution in [-0.4, -0.2) is 27.0 Å². The molecular formula is C13H23N3O2S. The largest absolute Gasteiger partial charge is 0.458 e. The molecule has 0 aliphatic heterocycles. The summed E-state index contributed by atoms with van der Waals surface area (Å²) in [5.74, 6) is 0.652. The fraction of sp³-hybridized carbons (Fsp3) is 0.769. The van der Waals surface area contributed by atoms with Crippen molar-refractivity contribution < 1.29 is 9.53 Å². The number of hydrogen-bond acceptors (Lipinski definition) is 6.